The summed E-state index contributed by atoms with van der Waals surface area (Å²) in [4.78, 5) is 17.0. The number of aromatic nitrogens is 2. The average Bonchev–Trinajstić information content (AvgIpc) is 2.86. The summed E-state index contributed by atoms with van der Waals surface area (Å²) in [6.45, 7) is 0. The highest BCUT2D eigenvalue weighted by Crippen LogP contribution is 2.29. The molecule has 0 atom stereocenters. The Kier molecular flexibility index (Phi) is 3.47. The molecule has 2 heterocycles. The van der Waals surface area contributed by atoms with Crippen molar-refractivity contribution in [2.75, 3.05) is 4.72 Å². The Morgan fingerprint density at radius 3 is 2.56 bits per heavy atom. The highest BCUT2D eigenvalue weighted by Gasteiger charge is 2.21. The number of hydrogen-bond donors (Lipinski definition) is 1. The molecule has 0 saturated heterocycles. The molecule has 0 aromatic carbocycles. The molecular weight excluding hydrogens is 324 g/mol. The number of nitrogens with one attached hydrogen (secondary N) is 1. The van der Waals surface area contributed by atoms with E-state index in [9.17, 15) is 18.5 Å². The topological polar surface area (TPSA) is 115 Å². The molecule has 0 aliphatic rings. The molecule has 8 nitrogen and oxygen atoms in total. The summed E-state index contributed by atoms with van der Waals surface area (Å²) in [5.41, 5.74) is 0. The molecule has 96 valence electrons. The lowest BCUT2D eigenvalue weighted by Gasteiger charge is -1.99. The average molecular weight is 327 g/mol. The monoisotopic (exact) mass is 326 g/mol. The van der Waals surface area contributed by atoms with Crippen LogP contribution in [0.15, 0.2) is 16.6 Å². The van der Waals surface area contributed by atoms with Crippen LogP contribution in [0.3, 0.4) is 0 Å². The van der Waals surface area contributed by atoms with Gasteiger partial charge in [0.05, 0.1) is 11.1 Å². The van der Waals surface area contributed by atoms with Gasteiger partial charge in [-0.2, -0.15) is 0 Å². The largest absolute Gasteiger partial charge is 0.345 e. The van der Waals surface area contributed by atoms with Crippen molar-refractivity contribution in [2.24, 2.45) is 0 Å². The number of nitrogens with zero attached hydrogens (tertiary/aromatic N) is 3. The van der Waals surface area contributed by atoms with Crippen LogP contribution in [-0.2, 0) is 10.0 Å². The molecule has 0 spiro atoms. The molecule has 2 aromatic rings. The van der Waals surface area contributed by atoms with Gasteiger partial charge in [0, 0.05) is 0 Å². The molecule has 1 N–H and O–H groups in total. The number of anilines is 1. The Hall–Kier alpha value is -1.30. The van der Waals surface area contributed by atoms with Gasteiger partial charge in [-0.25, -0.2) is 18.4 Å². The molecule has 12 heteroatoms. The fraction of sp³-hybridized carbons (Fsp3) is 0. The minimum atomic E-state index is -3.86. The van der Waals surface area contributed by atoms with E-state index in [0.29, 0.717) is 11.3 Å². The van der Waals surface area contributed by atoms with Crippen LogP contribution in [0, 0.1) is 10.1 Å². The predicted molar refractivity (Wildman–Crippen MR) is 66.7 cm³/mol. The highest BCUT2D eigenvalue weighted by atomic mass is 35.5. The lowest BCUT2D eigenvalue weighted by atomic mass is 10.9. The van der Waals surface area contributed by atoms with E-state index >= 15 is 0 Å². The molecule has 0 fully saturated rings. The SMILES string of the molecule is O=[N+]([O-])c1cnc(NS(=O)(=O)c2cnc(Cl)s2)s1. The van der Waals surface area contributed by atoms with Crippen LogP contribution < -0.4 is 4.72 Å². The van der Waals surface area contributed by atoms with Crippen LogP contribution in [0.1, 0.15) is 0 Å². The van der Waals surface area contributed by atoms with Crippen molar-refractivity contribution in [1.82, 2.24) is 9.97 Å². The molecule has 0 amide bonds. The molecule has 0 radical (unpaired) electrons. The van der Waals surface area contributed by atoms with E-state index in [0.717, 1.165) is 23.7 Å². The van der Waals surface area contributed by atoms with Crippen LogP contribution in [-0.4, -0.2) is 23.3 Å². The zero-order valence-corrected chi connectivity index (χ0v) is 11.4. The van der Waals surface area contributed by atoms with E-state index in [1.807, 2.05) is 0 Å². The molecule has 18 heavy (non-hydrogen) atoms. The van der Waals surface area contributed by atoms with E-state index in [2.05, 4.69) is 14.7 Å². The Morgan fingerprint density at radius 1 is 1.33 bits per heavy atom. The standard InChI is InChI=1S/C6H3ClN4O4S3/c7-5-8-2-4(17-5)18(14,15)10-6-9-1-3(16-6)11(12)13/h1-2H,(H,9,10). The third-order valence-electron chi connectivity index (χ3n) is 1.62. The molecule has 0 bridgehead atoms. The van der Waals surface area contributed by atoms with Gasteiger partial charge in [0.2, 0.25) is 5.13 Å². The van der Waals surface area contributed by atoms with Crippen molar-refractivity contribution < 1.29 is 13.3 Å². The van der Waals surface area contributed by atoms with E-state index < -0.39 is 14.9 Å². The fourth-order valence-corrected chi connectivity index (χ4v) is 4.09. The van der Waals surface area contributed by atoms with Crippen LogP contribution >= 0.6 is 34.3 Å². The van der Waals surface area contributed by atoms with Crippen molar-refractivity contribution in [2.45, 2.75) is 4.21 Å². The quantitative estimate of drug-likeness (QED) is 0.678. The van der Waals surface area contributed by atoms with Gasteiger partial charge in [0.15, 0.2) is 8.68 Å². The third-order valence-corrected chi connectivity index (χ3v) is 5.52. The van der Waals surface area contributed by atoms with E-state index in [1.54, 1.807) is 0 Å². The van der Waals surface area contributed by atoms with Crippen LogP contribution in [0.5, 0.6) is 0 Å². The van der Waals surface area contributed by atoms with Crippen molar-refractivity contribution in [3.05, 3.63) is 27.0 Å². The minimum Gasteiger partial charge on any atom is -0.257 e. The van der Waals surface area contributed by atoms with Crippen molar-refractivity contribution in [3.63, 3.8) is 0 Å². The number of thiazole rings is 2. The summed E-state index contributed by atoms with van der Waals surface area (Å²) < 4.78 is 25.7. The molecule has 2 rings (SSSR count). The molecule has 0 aliphatic heterocycles. The second-order valence-corrected chi connectivity index (χ2v) is 7.33. The summed E-state index contributed by atoms with van der Waals surface area (Å²) >= 11 is 6.92. The second-order valence-electron chi connectivity index (χ2n) is 2.80. The number of sulfonamides is 1. The van der Waals surface area contributed by atoms with Crippen LogP contribution in [0.2, 0.25) is 4.47 Å². The first-order valence-corrected chi connectivity index (χ1v) is 7.62. The van der Waals surface area contributed by atoms with Gasteiger partial charge in [0.25, 0.3) is 10.0 Å². The Balaban J connectivity index is 2.25. The molecule has 0 unspecified atom stereocenters. The van der Waals surface area contributed by atoms with Gasteiger partial charge in [-0.1, -0.05) is 22.9 Å². The number of halogens is 1. The van der Waals surface area contributed by atoms with E-state index in [4.69, 9.17) is 11.6 Å². The first-order valence-electron chi connectivity index (χ1n) is 4.13. The number of rotatable bonds is 4. The molecular formula is C6H3ClN4O4S3. The predicted octanol–water partition coefficient (Wildman–Crippen LogP) is 1.96. The van der Waals surface area contributed by atoms with Crippen molar-refractivity contribution in [1.29, 1.82) is 0 Å². The Labute approximate surface area is 113 Å². The zero-order chi connectivity index (χ0) is 13.3. The van der Waals surface area contributed by atoms with Gasteiger partial charge in [-0.05, 0) is 11.3 Å². The Bertz CT molecular complexity index is 693. The maximum Gasteiger partial charge on any atom is 0.345 e. The van der Waals surface area contributed by atoms with Crippen molar-refractivity contribution in [3.8, 4) is 0 Å². The summed E-state index contributed by atoms with van der Waals surface area (Å²) in [5, 5.41) is 10.1. The third kappa shape index (κ3) is 2.75. The van der Waals surface area contributed by atoms with E-state index in [1.165, 1.54) is 0 Å². The normalized spacial score (nSPS) is 11.4. The van der Waals surface area contributed by atoms with Gasteiger partial charge in [0.1, 0.15) is 6.20 Å². The smallest absolute Gasteiger partial charge is 0.257 e. The number of hydrogen-bond acceptors (Lipinski definition) is 8. The molecule has 2 aromatic heterocycles. The lowest BCUT2D eigenvalue weighted by Crippen LogP contribution is -2.11. The van der Waals surface area contributed by atoms with E-state index in [-0.39, 0.29) is 18.8 Å². The first-order chi connectivity index (χ1) is 8.38. The van der Waals surface area contributed by atoms with Crippen molar-refractivity contribution >= 4 is 54.4 Å². The summed E-state index contributed by atoms with van der Waals surface area (Å²) in [6, 6.07) is 0. The molecule has 0 aliphatic carbocycles. The summed E-state index contributed by atoms with van der Waals surface area (Å²) in [6.07, 6.45) is 2.07. The fourth-order valence-electron chi connectivity index (χ4n) is 0.926. The Morgan fingerprint density at radius 2 is 2.06 bits per heavy atom. The summed E-state index contributed by atoms with van der Waals surface area (Å²) in [7, 11) is -3.86. The summed E-state index contributed by atoms with van der Waals surface area (Å²) in [5.74, 6) is 0. The number of nitro groups is 1. The van der Waals surface area contributed by atoms with Gasteiger partial charge >= 0.3 is 5.00 Å². The van der Waals surface area contributed by atoms with Gasteiger partial charge in [-0.15, -0.1) is 0 Å². The maximum absolute atomic E-state index is 11.8. The van der Waals surface area contributed by atoms with Crippen LogP contribution in [0.4, 0.5) is 10.1 Å². The maximum atomic E-state index is 11.8. The molecule has 0 saturated carbocycles. The second kappa shape index (κ2) is 4.76. The first kappa shape index (κ1) is 13.1. The van der Waals surface area contributed by atoms with Gasteiger partial charge < -0.3 is 0 Å². The highest BCUT2D eigenvalue weighted by molar-refractivity contribution is 7.94. The van der Waals surface area contributed by atoms with Gasteiger partial charge in [-0.3, -0.25) is 14.8 Å². The lowest BCUT2D eigenvalue weighted by molar-refractivity contribution is -0.380. The van der Waals surface area contributed by atoms with Crippen LogP contribution in [0.25, 0.3) is 0 Å². The zero-order valence-electron chi connectivity index (χ0n) is 8.23. The minimum absolute atomic E-state index is 0.0838.